The van der Waals surface area contributed by atoms with Gasteiger partial charge in [-0.15, -0.1) is 0 Å². The molecule has 0 aromatic rings. The Bertz CT molecular complexity index is 460. The largest absolute Gasteiger partial charge is 0.466 e. The van der Waals surface area contributed by atoms with Crippen LogP contribution in [0.4, 0.5) is 0 Å². The van der Waals surface area contributed by atoms with Crippen molar-refractivity contribution in [3.8, 4) is 0 Å². The van der Waals surface area contributed by atoms with Crippen molar-refractivity contribution in [2.75, 3.05) is 13.2 Å². The van der Waals surface area contributed by atoms with Crippen LogP contribution in [-0.2, 0) is 9.53 Å². The van der Waals surface area contributed by atoms with Crippen LogP contribution in [0, 0.1) is 0 Å². The molecule has 37 heavy (non-hydrogen) atoms. The molecule has 3 nitrogen and oxygen atoms in total. The summed E-state index contributed by atoms with van der Waals surface area (Å²) in [5, 5.41) is 8.76. The molecule has 1 N–H and O–H groups in total. The van der Waals surface area contributed by atoms with Gasteiger partial charge in [0.15, 0.2) is 0 Å². The maximum absolute atomic E-state index is 11.9. The second-order valence-electron chi connectivity index (χ2n) is 11.2. The van der Waals surface area contributed by atoms with Crippen molar-refractivity contribution in [2.45, 2.75) is 187 Å². The van der Waals surface area contributed by atoms with E-state index in [1.165, 1.54) is 154 Å². The van der Waals surface area contributed by atoms with E-state index in [-0.39, 0.29) is 5.97 Å². The highest BCUT2D eigenvalue weighted by molar-refractivity contribution is 5.69. The summed E-state index contributed by atoms with van der Waals surface area (Å²) >= 11 is 0. The third kappa shape index (κ3) is 33.1. The number of carbonyl (C=O) groups excluding carboxylic acids is 1. The second kappa shape index (κ2) is 33.2. The topological polar surface area (TPSA) is 46.5 Å². The summed E-state index contributed by atoms with van der Waals surface area (Å²) in [7, 11) is 0. The van der Waals surface area contributed by atoms with Gasteiger partial charge in [0.1, 0.15) is 0 Å². The third-order valence-corrected chi connectivity index (χ3v) is 7.46. The smallest absolute Gasteiger partial charge is 0.305 e. The molecule has 0 spiro atoms. The van der Waals surface area contributed by atoms with E-state index in [0.717, 1.165) is 19.3 Å². The molecule has 0 amide bonds. The molecule has 0 radical (unpaired) electrons. The Balaban J connectivity index is 3.18. The van der Waals surface area contributed by atoms with Gasteiger partial charge in [0.25, 0.3) is 0 Å². The Morgan fingerprint density at radius 3 is 1.35 bits per heavy atom. The minimum absolute atomic E-state index is 0.00361. The molecule has 3 heteroatoms. The van der Waals surface area contributed by atoms with Gasteiger partial charge in [-0.05, 0) is 44.9 Å². The van der Waals surface area contributed by atoms with Gasteiger partial charge >= 0.3 is 5.97 Å². The molecule has 0 saturated heterocycles. The zero-order valence-corrected chi connectivity index (χ0v) is 25.1. The van der Waals surface area contributed by atoms with Crippen molar-refractivity contribution in [1.82, 2.24) is 0 Å². The zero-order valence-electron chi connectivity index (χ0n) is 25.1. The molecule has 0 fully saturated rings. The lowest BCUT2D eigenvalue weighted by Crippen LogP contribution is -2.05. The van der Waals surface area contributed by atoms with E-state index in [2.05, 4.69) is 19.1 Å². The van der Waals surface area contributed by atoms with Crippen molar-refractivity contribution >= 4 is 5.97 Å². The highest BCUT2D eigenvalue weighted by Crippen LogP contribution is 2.13. The van der Waals surface area contributed by atoms with Gasteiger partial charge in [-0.25, -0.2) is 0 Å². The first-order valence-corrected chi connectivity index (χ1v) is 16.7. The molecule has 0 heterocycles. The summed E-state index contributed by atoms with van der Waals surface area (Å²) in [5.41, 5.74) is 0. The Kier molecular flexibility index (Phi) is 32.5. The summed E-state index contributed by atoms with van der Waals surface area (Å²) < 4.78 is 5.40. The molecule has 0 aliphatic heterocycles. The van der Waals surface area contributed by atoms with Gasteiger partial charge < -0.3 is 9.84 Å². The molecule has 0 saturated carbocycles. The monoisotopic (exact) mass is 523 g/mol. The second-order valence-corrected chi connectivity index (χ2v) is 11.2. The number of carbonyl (C=O) groups is 1. The normalized spacial score (nSPS) is 11.5. The molecular weight excluding hydrogens is 456 g/mol. The number of hydrogen-bond acceptors (Lipinski definition) is 3. The number of rotatable bonds is 31. The van der Waals surface area contributed by atoms with Crippen LogP contribution >= 0.6 is 0 Å². The van der Waals surface area contributed by atoms with Crippen molar-refractivity contribution in [1.29, 1.82) is 0 Å². The number of aliphatic hydroxyl groups excluding tert-OH is 1. The fraction of sp³-hybridized carbons (Fsp3) is 0.912. The maximum atomic E-state index is 11.9. The Morgan fingerprint density at radius 2 is 0.892 bits per heavy atom. The van der Waals surface area contributed by atoms with Gasteiger partial charge in [0.2, 0.25) is 0 Å². The lowest BCUT2D eigenvalue weighted by molar-refractivity contribution is -0.143. The van der Waals surface area contributed by atoms with Gasteiger partial charge in [0.05, 0.1) is 6.61 Å². The SMILES string of the molecule is CCCCCCCCC=CCCCCCCCCCCCC(=O)OCCCCCCCCCCCCO. The molecule has 0 atom stereocenters. The number of hydrogen-bond donors (Lipinski definition) is 1. The highest BCUT2D eigenvalue weighted by atomic mass is 16.5. The van der Waals surface area contributed by atoms with E-state index in [4.69, 9.17) is 9.84 Å². The highest BCUT2D eigenvalue weighted by Gasteiger charge is 2.02. The number of aliphatic hydroxyl groups is 1. The van der Waals surface area contributed by atoms with Crippen LogP contribution in [0.5, 0.6) is 0 Å². The summed E-state index contributed by atoms with van der Waals surface area (Å²) in [6.07, 6.45) is 39.9. The van der Waals surface area contributed by atoms with Crippen molar-refractivity contribution in [3.63, 3.8) is 0 Å². The molecule has 0 aliphatic carbocycles. The number of unbranched alkanes of at least 4 members (excludes halogenated alkanes) is 24. The van der Waals surface area contributed by atoms with Crippen LogP contribution in [0.2, 0.25) is 0 Å². The van der Waals surface area contributed by atoms with E-state index < -0.39 is 0 Å². The molecule has 0 unspecified atom stereocenters. The quantitative estimate of drug-likeness (QED) is 0.0559. The van der Waals surface area contributed by atoms with Gasteiger partial charge in [-0.3, -0.25) is 4.79 Å². The minimum atomic E-state index is 0.00361. The molecule has 0 aromatic heterocycles. The third-order valence-electron chi connectivity index (χ3n) is 7.46. The minimum Gasteiger partial charge on any atom is -0.466 e. The fourth-order valence-corrected chi connectivity index (χ4v) is 4.93. The summed E-state index contributed by atoms with van der Waals surface area (Å²) in [6.45, 7) is 3.22. The van der Waals surface area contributed by atoms with E-state index >= 15 is 0 Å². The first-order chi connectivity index (χ1) is 18.3. The lowest BCUT2D eigenvalue weighted by atomic mass is 10.1. The fourth-order valence-electron chi connectivity index (χ4n) is 4.93. The molecule has 0 aromatic carbocycles. The summed E-state index contributed by atoms with van der Waals surface area (Å²) in [5.74, 6) is 0.00361. The summed E-state index contributed by atoms with van der Waals surface area (Å²) in [4.78, 5) is 11.9. The first kappa shape index (κ1) is 36.2. The van der Waals surface area contributed by atoms with Crippen molar-refractivity contribution in [2.24, 2.45) is 0 Å². The van der Waals surface area contributed by atoms with E-state index in [0.29, 0.717) is 19.6 Å². The average molecular weight is 523 g/mol. The lowest BCUT2D eigenvalue weighted by Gasteiger charge is -2.05. The van der Waals surface area contributed by atoms with Gasteiger partial charge in [-0.1, -0.05) is 147 Å². The average Bonchev–Trinajstić information content (AvgIpc) is 2.90. The summed E-state index contributed by atoms with van der Waals surface area (Å²) in [6, 6.07) is 0. The maximum Gasteiger partial charge on any atom is 0.305 e. The van der Waals surface area contributed by atoms with Gasteiger partial charge in [0, 0.05) is 13.0 Å². The molecule has 220 valence electrons. The molecule has 0 aliphatic rings. The number of ether oxygens (including phenoxy) is 1. The standard InChI is InChI=1S/C34H66O3/c1-2-3-4-5-6-7-8-9-10-11-12-13-14-15-16-19-22-25-28-31-34(36)37-33-30-27-24-21-18-17-20-23-26-29-32-35/h9-10,35H,2-8,11-33H2,1H3. The molecule has 0 rings (SSSR count). The predicted octanol–water partition coefficient (Wildman–Crippen LogP) is 11.0. The number of esters is 1. The van der Waals surface area contributed by atoms with Crippen LogP contribution in [0.1, 0.15) is 187 Å². The van der Waals surface area contributed by atoms with E-state index in [9.17, 15) is 4.79 Å². The Hall–Kier alpha value is -0.830. The Morgan fingerprint density at radius 1 is 0.514 bits per heavy atom. The molecule has 0 bridgehead atoms. The van der Waals surface area contributed by atoms with Crippen LogP contribution in [0.15, 0.2) is 12.2 Å². The van der Waals surface area contributed by atoms with Crippen LogP contribution in [-0.4, -0.2) is 24.3 Å². The first-order valence-electron chi connectivity index (χ1n) is 16.7. The predicted molar refractivity (Wildman–Crippen MR) is 162 cm³/mol. The van der Waals surface area contributed by atoms with Crippen LogP contribution < -0.4 is 0 Å². The van der Waals surface area contributed by atoms with E-state index in [1.807, 2.05) is 0 Å². The zero-order chi connectivity index (χ0) is 26.9. The molecular formula is C34H66O3. The van der Waals surface area contributed by atoms with Crippen molar-refractivity contribution in [3.05, 3.63) is 12.2 Å². The van der Waals surface area contributed by atoms with Crippen molar-refractivity contribution < 1.29 is 14.6 Å². The number of allylic oxidation sites excluding steroid dienone is 2. The van der Waals surface area contributed by atoms with Crippen LogP contribution in [0.3, 0.4) is 0 Å². The Labute approximate surface area is 232 Å². The van der Waals surface area contributed by atoms with Crippen LogP contribution in [0.25, 0.3) is 0 Å². The van der Waals surface area contributed by atoms with E-state index in [1.54, 1.807) is 0 Å². The van der Waals surface area contributed by atoms with Gasteiger partial charge in [-0.2, -0.15) is 0 Å².